The minimum Gasteiger partial charge on any atom is -0.392 e. The molecule has 3 nitrogen and oxygen atoms in total. The molecule has 0 radical (unpaired) electrons. The minimum absolute atomic E-state index is 0.0434. The van der Waals surface area contributed by atoms with Gasteiger partial charge in [0.1, 0.15) is 0 Å². The van der Waals surface area contributed by atoms with Gasteiger partial charge in [0.05, 0.1) is 10.4 Å². The molecule has 0 spiro atoms. The lowest BCUT2D eigenvalue weighted by atomic mass is 9.62. The Morgan fingerprint density at radius 3 is 2.79 bits per heavy atom. The van der Waals surface area contributed by atoms with Gasteiger partial charge in [-0.05, 0) is 36.5 Å². The van der Waals surface area contributed by atoms with E-state index in [1.807, 2.05) is 24.3 Å². The SMILES string of the molecule is CC1CC(C(=O)NCc2cccc(Br)c2)(C(N)=S)C1. The molecule has 0 heterocycles. The predicted molar refractivity (Wildman–Crippen MR) is 83.6 cm³/mol. The van der Waals surface area contributed by atoms with Gasteiger partial charge in [0.25, 0.3) is 0 Å². The zero-order valence-corrected chi connectivity index (χ0v) is 13.2. The van der Waals surface area contributed by atoms with E-state index in [9.17, 15) is 4.79 Å². The van der Waals surface area contributed by atoms with Crippen molar-refractivity contribution in [3.63, 3.8) is 0 Å². The molecule has 1 fully saturated rings. The van der Waals surface area contributed by atoms with Crippen LogP contribution in [0.5, 0.6) is 0 Å². The summed E-state index contributed by atoms with van der Waals surface area (Å²) >= 11 is 8.48. The second-order valence-corrected chi connectivity index (χ2v) is 6.63. The maximum absolute atomic E-state index is 12.3. The van der Waals surface area contributed by atoms with Crippen LogP contribution in [-0.4, -0.2) is 10.9 Å². The van der Waals surface area contributed by atoms with Crippen molar-refractivity contribution in [2.45, 2.75) is 26.3 Å². The number of thiocarbonyl (C=S) groups is 1. The molecular formula is C14H17BrN2OS. The molecule has 0 unspecified atom stereocenters. The van der Waals surface area contributed by atoms with Crippen molar-refractivity contribution in [1.82, 2.24) is 5.32 Å². The molecule has 1 aliphatic carbocycles. The number of rotatable bonds is 4. The molecule has 0 bridgehead atoms. The van der Waals surface area contributed by atoms with Crippen LogP contribution < -0.4 is 11.1 Å². The minimum atomic E-state index is -0.624. The molecule has 0 saturated heterocycles. The highest BCUT2D eigenvalue weighted by molar-refractivity contribution is 9.10. The first-order chi connectivity index (χ1) is 8.94. The molecule has 19 heavy (non-hydrogen) atoms. The van der Waals surface area contributed by atoms with Gasteiger partial charge in [-0.3, -0.25) is 4.79 Å². The quantitative estimate of drug-likeness (QED) is 0.828. The molecule has 3 N–H and O–H groups in total. The zero-order chi connectivity index (χ0) is 14.0. The molecule has 1 saturated carbocycles. The van der Waals surface area contributed by atoms with Crippen molar-refractivity contribution in [2.24, 2.45) is 17.1 Å². The number of carbonyl (C=O) groups is 1. The fourth-order valence-electron chi connectivity index (χ4n) is 2.63. The molecule has 5 heteroatoms. The van der Waals surface area contributed by atoms with Crippen LogP contribution in [0.3, 0.4) is 0 Å². The van der Waals surface area contributed by atoms with Crippen molar-refractivity contribution >= 4 is 39.0 Å². The average Bonchev–Trinajstić information content (AvgIpc) is 2.31. The lowest BCUT2D eigenvalue weighted by Gasteiger charge is -2.44. The van der Waals surface area contributed by atoms with E-state index in [1.54, 1.807) is 0 Å². The van der Waals surface area contributed by atoms with Gasteiger partial charge in [0.2, 0.25) is 5.91 Å². The van der Waals surface area contributed by atoms with E-state index in [2.05, 4.69) is 28.2 Å². The zero-order valence-electron chi connectivity index (χ0n) is 10.8. The lowest BCUT2D eigenvalue weighted by molar-refractivity contribution is -0.133. The van der Waals surface area contributed by atoms with Gasteiger partial charge in [-0.2, -0.15) is 0 Å². The van der Waals surface area contributed by atoms with Gasteiger partial charge in [-0.25, -0.2) is 0 Å². The highest BCUT2D eigenvalue weighted by atomic mass is 79.9. The van der Waals surface area contributed by atoms with E-state index in [-0.39, 0.29) is 5.91 Å². The van der Waals surface area contributed by atoms with E-state index < -0.39 is 5.41 Å². The van der Waals surface area contributed by atoms with Crippen LogP contribution in [-0.2, 0) is 11.3 Å². The molecule has 102 valence electrons. The van der Waals surface area contributed by atoms with E-state index in [4.69, 9.17) is 18.0 Å². The standard InChI is InChI=1S/C14H17BrN2OS/c1-9-6-14(7-9,12(16)19)13(18)17-8-10-3-2-4-11(15)5-10/h2-5,9H,6-8H2,1H3,(H2,16,19)(H,17,18). The maximum Gasteiger partial charge on any atom is 0.233 e. The summed E-state index contributed by atoms with van der Waals surface area (Å²) in [5.74, 6) is 0.469. The molecule has 1 aromatic carbocycles. The number of carbonyl (C=O) groups excluding carboxylic acids is 1. The molecule has 0 aliphatic heterocycles. The van der Waals surface area contributed by atoms with Crippen LogP contribution in [0.2, 0.25) is 0 Å². The molecule has 1 aromatic rings. The molecule has 0 atom stereocenters. The molecule has 0 aromatic heterocycles. The molecular weight excluding hydrogens is 324 g/mol. The third-order valence-corrected chi connectivity index (χ3v) is 4.53. The van der Waals surface area contributed by atoms with Crippen molar-refractivity contribution in [2.75, 3.05) is 0 Å². The van der Waals surface area contributed by atoms with Gasteiger partial charge in [0, 0.05) is 11.0 Å². The number of hydrogen-bond donors (Lipinski definition) is 2. The van der Waals surface area contributed by atoms with Gasteiger partial charge >= 0.3 is 0 Å². The Kier molecular flexibility index (Phi) is 4.26. The van der Waals surface area contributed by atoms with Gasteiger partial charge in [-0.1, -0.05) is 47.2 Å². The largest absolute Gasteiger partial charge is 0.392 e. The summed E-state index contributed by atoms with van der Waals surface area (Å²) < 4.78 is 1.00. The Hall–Kier alpha value is -0.940. The topological polar surface area (TPSA) is 55.1 Å². The highest BCUT2D eigenvalue weighted by Crippen LogP contribution is 2.45. The fraction of sp³-hybridized carbons (Fsp3) is 0.429. The van der Waals surface area contributed by atoms with Crippen molar-refractivity contribution in [3.05, 3.63) is 34.3 Å². The lowest BCUT2D eigenvalue weighted by Crippen LogP contribution is -2.55. The summed E-state index contributed by atoms with van der Waals surface area (Å²) in [4.78, 5) is 12.6. The second-order valence-electron chi connectivity index (χ2n) is 5.27. The molecule has 2 rings (SSSR count). The van der Waals surface area contributed by atoms with Crippen LogP contribution >= 0.6 is 28.1 Å². The van der Waals surface area contributed by atoms with Gasteiger partial charge in [-0.15, -0.1) is 0 Å². The predicted octanol–water partition coefficient (Wildman–Crippen LogP) is 2.77. The molecule has 1 aliphatic rings. The van der Waals surface area contributed by atoms with Gasteiger partial charge in [0.15, 0.2) is 0 Å². The highest BCUT2D eigenvalue weighted by Gasteiger charge is 2.50. The Morgan fingerprint density at radius 2 is 2.26 bits per heavy atom. The average molecular weight is 341 g/mol. The van der Waals surface area contributed by atoms with Crippen LogP contribution in [0.1, 0.15) is 25.3 Å². The van der Waals surface area contributed by atoms with E-state index in [1.165, 1.54) is 0 Å². The van der Waals surface area contributed by atoms with Crippen LogP contribution in [0.4, 0.5) is 0 Å². The first kappa shape index (κ1) is 14.5. The fourth-order valence-corrected chi connectivity index (χ4v) is 3.33. The maximum atomic E-state index is 12.3. The van der Waals surface area contributed by atoms with Crippen molar-refractivity contribution in [1.29, 1.82) is 0 Å². The Morgan fingerprint density at radius 1 is 1.58 bits per heavy atom. The van der Waals surface area contributed by atoms with Gasteiger partial charge < -0.3 is 11.1 Å². The van der Waals surface area contributed by atoms with Crippen molar-refractivity contribution < 1.29 is 4.79 Å². The van der Waals surface area contributed by atoms with Crippen molar-refractivity contribution in [3.8, 4) is 0 Å². The summed E-state index contributed by atoms with van der Waals surface area (Å²) in [6.45, 7) is 2.61. The Balaban J connectivity index is 1.99. The number of halogens is 1. The number of nitrogens with two attached hydrogens (primary N) is 1. The number of hydrogen-bond acceptors (Lipinski definition) is 2. The number of amides is 1. The normalized spacial score (nSPS) is 25.5. The third-order valence-electron chi connectivity index (χ3n) is 3.64. The van der Waals surface area contributed by atoms with Crippen LogP contribution in [0.25, 0.3) is 0 Å². The summed E-state index contributed by atoms with van der Waals surface area (Å²) in [7, 11) is 0. The second kappa shape index (κ2) is 5.59. The third kappa shape index (κ3) is 2.98. The monoisotopic (exact) mass is 340 g/mol. The van der Waals surface area contributed by atoms with Crippen LogP contribution in [0.15, 0.2) is 28.7 Å². The summed E-state index contributed by atoms with van der Waals surface area (Å²) in [6.07, 6.45) is 1.51. The smallest absolute Gasteiger partial charge is 0.233 e. The summed E-state index contributed by atoms with van der Waals surface area (Å²) in [5.41, 5.74) is 6.18. The summed E-state index contributed by atoms with van der Waals surface area (Å²) in [5, 5.41) is 2.94. The molecule has 1 amide bonds. The van der Waals surface area contributed by atoms with E-state index in [0.717, 1.165) is 22.9 Å². The Bertz CT molecular complexity index is 512. The number of benzene rings is 1. The van der Waals surface area contributed by atoms with Crippen LogP contribution in [0, 0.1) is 11.3 Å². The first-order valence-corrected chi connectivity index (χ1v) is 7.47. The summed E-state index contributed by atoms with van der Waals surface area (Å²) in [6, 6.07) is 7.86. The van der Waals surface area contributed by atoms with E-state index in [0.29, 0.717) is 17.5 Å². The Labute approximate surface area is 127 Å². The first-order valence-electron chi connectivity index (χ1n) is 6.27. The number of nitrogens with one attached hydrogen (secondary N) is 1. The van der Waals surface area contributed by atoms with E-state index >= 15 is 0 Å².